The molecule has 1 aromatic heterocycles. The van der Waals surface area contributed by atoms with E-state index >= 15 is 0 Å². The third-order valence-electron chi connectivity index (χ3n) is 5.73. The van der Waals surface area contributed by atoms with Crippen molar-refractivity contribution in [2.45, 2.75) is 26.2 Å². The van der Waals surface area contributed by atoms with Crippen LogP contribution >= 0.6 is 0 Å². The number of aromatic nitrogens is 2. The Bertz CT molecular complexity index is 961. The van der Waals surface area contributed by atoms with Crippen LogP contribution in [0.3, 0.4) is 0 Å². The summed E-state index contributed by atoms with van der Waals surface area (Å²) in [6, 6.07) is 3.79. The highest BCUT2D eigenvalue weighted by molar-refractivity contribution is 7.87. The van der Waals surface area contributed by atoms with E-state index in [0.717, 1.165) is 49.1 Å². The molecule has 2 aromatic rings. The number of rotatable bonds is 9. The van der Waals surface area contributed by atoms with Gasteiger partial charge < -0.3 is 14.4 Å². The van der Waals surface area contributed by atoms with E-state index < -0.39 is 10.2 Å². The molecule has 0 spiro atoms. The SMILES string of the molecule is CCN(C)S(=O)(=O)NCCC1CCN(c2ncnc3cc(OC)c(OC)cc23)CC1. The topological polar surface area (TPSA) is 96.9 Å². The van der Waals surface area contributed by atoms with Gasteiger partial charge in [0.1, 0.15) is 12.1 Å². The molecule has 166 valence electrons. The Morgan fingerprint density at radius 2 is 1.83 bits per heavy atom. The summed E-state index contributed by atoms with van der Waals surface area (Å²) >= 11 is 0. The van der Waals surface area contributed by atoms with E-state index in [2.05, 4.69) is 19.6 Å². The predicted molar refractivity (Wildman–Crippen MR) is 117 cm³/mol. The summed E-state index contributed by atoms with van der Waals surface area (Å²) in [7, 11) is 1.44. The van der Waals surface area contributed by atoms with Gasteiger partial charge in [-0.05, 0) is 31.2 Å². The number of ether oxygens (including phenoxy) is 2. The largest absolute Gasteiger partial charge is 0.493 e. The summed E-state index contributed by atoms with van der Waals surface area (Å²) in [5.41, 5.74) is 0.814. The average Bonchev–Trinajstić information content (AvgIpc) is 2.77. The van der Waals surface area contributed by atoms with Crippen LogP contribution in [0.5, 0.6) is 11.5 Å². The summed E-state index contributed by atoms with van der Waals surface area (Å²) < 4.78 is 38.9. The molecule has 1 aromatic carbocycles. The first kappa shape index (κ1) is 22.5. The van der Waals surface area contributed by atoms with Crippen LogP contribution in [-0.4, -0.2) is 70.1 Å². The highest BCUT2D eigenvalue weighted by Crippen LogP contribution is 2.35. The highest BCUT2D eigenvalue weighted by atomic mass is 32.2. The molecule has 0 bridgehead atoms. The number of anilines is 1. The van der Waals surface area contributed by atoms with Gasteiger partial charge in [-0.1, -0.05) is 6.92 Å². The molecule has 0 radical (unpaired) electrons. The Hall–Kier alpha value is -2.17. The lowest BCUT2D eigenvalue weighted by Crippen LogP contribution is -2.40. The Morgan fingerprint density at radius 3 is 2.47 bits per heavy atom. The third-order valence-corrected chi connectivity index (χ3v) is 7.37. The van der Waals surface area contributed by atoms with Gasteiger partial charge in [-0.25, -0.2) is 14.7 Å². The number of nitrogens with zero attached hydrogens (tertiary/aromatic N) is 4. The van der Waals surface area contributed by atoms with Crippen molar-refractivity contribution in [2.24, 2.45) is 5.92 Å². The zero-order chi connectivity index (χ0) is 21.7. The number of fused-ring (bicyclic) bond motifs is 1. The first-order valence-electron chi connectivity index (χ1n) is 10.2. The maximum atomic E-state index is 12.0. The molecule has 10 heteroatoms. The zero-order valence-electron chi connectivity index (χ0n) is 18.1. The third kappa shape index (κ3) is 4.93. The molecule has 9 nitrogen and oxygen atoms in total. The molecule has 1 aliphatic heterocycles. The van der Waals surface area contributed by atoms with Crippen LogP contribution in [0.4, 0.5) is 5.82 Å². The van der Waals surface area contributed by atoms with E-state index in [1.165, 1.54) is 4.31 Å². The number of nitrogens with one attached hydrogen (secondary N) is 1. The summed E-state index contributed by atoms with van der Waals surface area (Å²) in [5.74, 6) is 2.67. The van der Waals surface area contributed by atoms with Crippen molar-refractivity contribution in [2.75, 3.05) is 52.3 Å². The van der Waals surface area contributed by atoms with Gasteiger partial charge in [0.25, 0.3) is 10.2 Å². The van der Waals surface area contributed by atoms with Gasteiger partial charge in [-0.3, -0.25) is 0 Å². The highest BCUT2D eigenvalue weighted by Gasteiger charge is 2.23. The lowest BCUT2D eigenvalue weighted by molar-refractivity contribution is 0.355. The van der Waals surface area contributed by atoms with Gasteiger partial charge >= 0.3 is 0 Å². The van der Waals surface area contributed by atoms with E-state index in [1.807, 2.05) is 19.1 Å². The Labute approximate surface area is 178 Å². The average molecular weight is 438 g/mol. The number of methoxy groups -OCH3 is 2. The molecule has 0 aliphatic carbocycles. The van der Waals surface area contributed by atoms with Crippen molar-refractivity contribution in [1.29, 1.82) is 0 Å². The van der Waals surface area contributed by atoms with E-state index in [-0.39, 0.29) is 0 Å². The summed E-state index contributed by atoms with van der Waals surface area (Å²) in [6.07, 6.45) is 4.39. The van der Waals surface area contributed by atoms with E-state index in [4.69, 9.17) is 9.47 Å². The minimum Gasteiger partial charge on any atom is -0.493 e. The normalized spacial score (nSPS) is 15.7. The van der Waals surface area contributed by atoms with Crippen LogP contribution in [0.1, 0.15) is 26.2 Å². The monoisotopic (exact) mass is 437 g/mol. The predicted octanol–water partition coefficient (Wildman–Crippen LogP) is 2.04. The molecule has 0 amide bonds. The quantitative estimate of drug-likeness (QED) is 0.641. The molecule has 1 aliphatic rings. The standard InChI is InChI=1S/C20H31N5O4S/c1-5-24(2)30(26,27)23-9-6-15-7-10-25(11-8-15)20-16-12-18(28-3)19(29-4)13-17(16)21-14-22-20/h12-15,23H,5-11H2,1-4H3. The van der Waals surface area contributed by atoms with Gasteiger partial charge in [0.15, 0.2) is 11.5 Å². The van der Waals surface area contributed by atoms with Crippen LogP contribution in [0.15, 0.2) is 18.5 Å². The molecule has 2 heterocycles. The molecule has 30 heavy (non-hydrogen) atoms. The lowest BCUT2D eigenvalue weighted by atomic mass is 9.93. The maximum Gasteiger partial charge on any atom is 0.279 e. The number of hydrogen-bond acceptors (Lipinski definition) is 7. The molecule has 0 unspecified atom stereocenters. The van der Waals surface area contributed by atoms with Crippen molar-refractivity contribution in [1.82, 2.24) is 19.0 Å². The first-order chi connectivity index (χ1) is 14.4. The zero-order valence-corrected chi connectivity index (χ0v) is 18.9. The minimum absolute atomic E-state index is 0.456. The molecule has 0 atom stereocenters. The van der Waals surface area contributed by atoms with E-state index in [1.54, 1.807) is 27.6 Å². The lowest BCUT2D eigenvalue weighted by Gasteiger charge is -2.33. The van der Waals surface area contributed by atoms with Crippen molar-refractivity contribution in [3.8, 4) is 11.5 Å². The van der Waals surface area contributed by atoms with Crippen molar-refractivity contribution >= 4 is 26.9 Å². The Kier molecular flexibility index (Phi) is 7.32. The Morgan fingerprint density at radius 1 is 1.17 bits per heavy atom. The summed E-state index contributed by atoms with van der Waals surface area (Å²) in [4.78, 5) is 11.2. The van der Waals surface area contributed by atoms with E-state index in [0.29, 0.717) is 30.5 Å². The second kappa shape index (κ2) is 9.76. The van der Waals surface area contributed by atoms with Gasteiger partial charge in [-0.2, -0.15) is 12.7 Å². The van der Waals surface area contributed by atoms with Crippen molar-refractivity contribution < 1.29 is 17.9 Å². The van der Waals surface area contributed by atoms with Gasteiger partial charge in [0, 0.05) is 44.7 Å². The van der Waals surface area contributed by atoms with Crippen LogP contribution in [0.2, 0.25) is 0 Å². The van der Waals surface area contributed by atoms with Crippen LogP contribution in [-0.2, 0) is 10.2 Å². The smallest absolute Gasteiger partial charge is 0.279 e. The fourth-order valence-electron chi connectivity index (χ4n) is 3.73. The van der Waals surface area contributed by atoms with Gasteiger partial charge in [-0.15, -0.1) is 0 Å². The van der Waals surface area contributed by atoms with E-state index in [9.17, 15) is 8.42 Å². The van der Waals surface area contributed by atoms with Crippen molar-refractivity contribution in [3.05, 3.63) is 18.5 Å². The fraction of sp³-hybridized carbons (Fsp3) is 0.600. The van der Waals surface area contributed by atoms with Crippen LogP contribution < -0.4 is 19.1 Å². The summed E-state index contributed by atoms with van der Waals surface area (Å²) in [6.45, 7) is 4.47. The first-order valence-corrected chi connectivity index (χ1v) is 11.7. The van der Waals surface area contributed by atoms with Gasteiger partial charge in [0.05, 0.1) is 19.7 Å². The molecular formula is C20H31N5O4S. The van der Waals surface area contributed by atoms with Gasteiger partial charge in [0.2, 0.25) is 0 Å². The summed E-state index contributed by atoms with van der Waals surface area (Å²) in [5, 5.41) is 0.934. The Balaban J connectivity index is 1.63. The number of benzene rings is 1. The van der Waals surface area contributed by atoms with Crippen LogP contribution in [0, 0.1) is 5.92 Å². The fourth-order valence-corrected chi connectivity index (χ4v) is 4.66. The molecular weight excluding hydrogens is 406 g/mol. The molecule has 0 saturated carbocycles. The second-order valence-electron chi connectivity index (χ2n) is 7.45. The van der Waals surface area contributed by atoms with Crippen LogP contribution in [0.25, 0.3) is 10.9 Å². The number of hydrogen-bond donors (Lipinski definition) is 1. The van der Waals surface area contributed by atoms with Crippen molar-refractivity contribution in [3.63, 3.8) is 0 Å². The second-order valence-corrected chi connectivity index (χ2v) is 9.32. The minimum atomic E-state index is -3.37. The maximum absolute atomic E-state index is 12.0. The molecule has 3 rings (SSSR count). The molecule has 1 saturated heterocycles. The number of piperidine rings is 1. The molecule has 1 fully saturated rings. The molecule has 1 N–H and O–H groups in total.